The first kappa shape index (κ1) is 28.8. The summed E-state index contributed by atoms with van der Waals surface area (Å²) in [5.41, 5.74) is 16.8. The first-order valence-electron chi connectivity index (χ1n) is 16.7. The number of para-hydroxylation sites is 3. The molecule has 0 radical (unpaired) electrons. The van der Waals surface area contributed by atoms with Gasteiger partial charge in [0, 0.05) is 21.5 Å². The van der Waals surface area contributed by atoms with Gasteiger partial charge in [-0.05, 0) is 70.3 Å². The molecule has 9 aromatic rings. The van der Waals surface area contributed by atoms with Crippen molar-refractivity contribution in [2.24, 2.45) is 0 Å². The fraction of sp³-hybridized carbons (Fsp3) is 0.0250. The maximum atomic E-state index is 6.43. The SMILES string of the molecule is Bc1c(B)c(B)c(-c2ccc3c(-n4c(C)nc5ccccc54)c4ccccc4c(-c4cccc5oc6ccccc6c45)c3c2)c(B)c1B. The summed E-state index contributed by atoms with van der Waals surface area (Å²) in [5.74, 6) is 0.971. The molecule has 0 atom stereocenters. The second-order valence-electron chi connectivity index (χ2n) is 13.3. The van der Waals surface area contributed by atoms with E-state index >= 15 is 0 Å². The summed E-state index contributed by atoms with van der Waals surface area (Å²) in [6.07, 6.45) is 0. The van der Waals surface area contributed by atoms with Crippen molar-refractivity contribution in [2.45, 2.75) is 6.92 Å². The minimum Gasteiger partial charge on any atom is -0.456 e. The molecule has 0 aliphatic rings. The molecule has 0 saturated heterocycles. The van der Waals surface area contributed by atoms with Gasteiger partial charge in [-0.3, -0.25) is 4.57 Å². The Labute approximate surface area is 284 Å². The quantitative estimate of drug-likeness (QED) is 0.227. The van der Waals surface area contributed by atoms with E-state index in [0.29, 0.717) is 0 Å². The molecule has 7 aromatic carbocycles. The Bertz CT molecular complexity index is 2790. The van der Waals surface area contributed by atoms with Crippen molar-refractivity contribution in [1.29, 1.82) is 0 Å². The number of aromatic nitrogens is 2. The first-order chi connectivity index (χ1) is 23.3. The molecule has 0 spiro atoms. The molecule has 0 aliphatic carbocycles. The lowest BCUT2D eigenvalue weighted by Gasteiger charge is -2.23. The fourth-order valence-corrected chi connectivity index (χ4v) is 8.19. The van der Waals surface area contributed by atoms with Crippen molar-refractivity contribution in [1.82, 2.24) is 9.55 Å². The molecule has 0 unspecified atom stereocenters. The largest absolute Gasteiger partial charge is 0.456 e. The van der Waals surface area contributed by atoms with Crippen molar-refractivity contribution in [2.75, 3.05) is 0 Å². The van der Waals surface area contributed by atoms with Crippen LogP contribution in [0.15, 0.2) is 114 Å². The monoisotopic (exact) mass is 610 g/mol. The number of furan rings is 1. The van der Waals surface area contributed by atoms with Gasteiger partial charge >= 0.3 is 0 Å². The van der Waals surface area contributed by atoms with Gasteiger partial charge in [0.1, 0.15) is 56.2 Å². The van der Waals surface area contributed by atoms with E-state index in [1.807, 2.05) is 6.07 Å². The highest BCUT2D eigenvalue weighted by Crippen LogP contribution is 2.46. The molecule has 0 saturated carbocycles. The van der Waals surface area contributed by atoms with Gasteiger partial charge in [-0.2, -0.15) is 0 Å². The number of fused-ring (bicyclic) bond motifs is 6. The second-order valence-corrected chi connectivity index (χ2v) is 13.3. The van der Waals surface area contributed by atoms with E-state index in [2.05, 4.69) is 154 Å². The summed E-state index contributed by atoms with van der Waals surface area (Å²) in [5, 5.41) is 7.09. The molecule has 9 rings (SSSR count). The molecule has 8 heteroatoms. The minimum absolute atomic E-state index is 0.902. The molecule has 0 N–H and O–H groups in total. The second kappa shape index (κ2) is 10.6. The van der Waals surface area contributed by atoms with Gasteiger partial charge in [0.05, 0.1) is 16.7 Å². The number of aryl methyl sites for hydroxylation is 1. The summed E-state index contributed by atoms with van der Waals surface area (Å²) < 4.78 is 8.79. The molecule has 0 bridgehead atoms. The average molecular weight is 610 g/mol. The minimum atomic E-state index is 0.902. The van der Waals surface area contributed by atoms with Gasteiger partial charge in [0.25, 0.3) is 0 Å². The van der Waals surface area contributed by atoms with Crippen LogP contribution < -0.4 is 27.3 Å². The highest BCUT2D eigenvalue weighted by molar-refractivity contribution is 6.68. The zero-order valence-corrected chi connectivity index (χ0v) is 28.2. The summed E-state index contributed by atoms with van der Waals surface area (Å²) in [4.78, 5) is 5.02. The highest BCUT2D eigenvalue weighted by Gasteiger charge is 2.23. The predicted octanol–water partition coefficient (Wildman–Crippen LogP) is 2.17. The van der Waals surface area contributed by atoms with Crippen LogP contribution in [0.25, 0.3) is 82.5 Å². The Morgan fingerprint density at radius 2 is 1.17 bits per heavy atom. The van der Waals surface area contributed by atoms with Crippen molar-refractivity contribution in [3.05, 3.63) is 115 Å². The molecule has 222 valence electrons. The number of hydrogen-bond donors (Lipinski definition) is 0. The zero-order chi connectivity index (χ0) is 32.8. The van der Waals surface area contributed by atoms with E-state index in [1.54, 1.807) is 0 Å². The molecule has 2 aromatic heterocycles. The summed E-state index contributed by atoms with van der Waals surface area (Å²) >= 11 is 0. The van der Waals surface area contributed by atoms with E-state index in [0.717, 1.165) is 44.5 Å². The van der Waals surface area contributed by atoms with E-state index in [4.69, 9.17) is 9.40 Å². The van der Waals surface area contributed by atoms with Crippen molar-refractivity contribution in [3.63, 3.8) is 0 Å². The number of rotatable bonds is 3. The third-order valence-corrected chi connectivity index (χ3v) is 10.9. The van der Waals surface area contributed by atoms with Gasteiger partial charge in [-0.1, -0.05) is 89.8 Å². The highest BCUT2D eigenvalue weighted by atomic mass is 16.3. The van der Waals surface area contributed by atoms with Crippen LogP contribution in [0, 0.1) is 6.92 Å². The zero-order valence-electron chi connectivity index (χ0n) is 28.2. The van der Waals surface area contributed by atoms with Crippen LogP contribution in [0.2, 0.25) is 0 Å². The van der Waals surface area contributed by atoms with Crippen LogP contribution >= 0.6 is 0 Å². The topological polar surface area (TPSA) is 31.0 Å². The van der Waals surface area contributed by atoms with Crippen LogP contribution in [0.3, 0.4) is 0 Å². The standard InChI is InChI=1S/C40H31B5N2O/c1-20-46-28-13-5-6-14-29(28)47(20)40-23-10-3-2-9-22(23)33(26-12-8-16-31-34(26)25-11-4-7-15-30(25)48-31)27-19-21(17-18-24(27)40)32-35(41)37(43)39(45)38(44)36(32)42/h2-19H,41-45H2,1H3. The van der Waals surface area contributed by atoms with Crippen molar-refractivity contribution in [3.8, 4) is 27.9 Å². The Morgan fingerprint density at radius 1 is 0.542 bits per heavy atom. The molecule has 48 heavy (non-hydrogen) atoms. The number of imidazole rings is 1. The lowest BCUT2D eigenvalue weighted by atomic mass is 9.59. The third-order valence-electron chi connectivity index (χ3n) is 10.9. The van der Waals surface area contributed by atoms with Crippen LogP contribution in [0.4, 0.5) is 0 Å². The smallest absolute Gasteiger partial charge is 0.139 e. The van der Waals surface area contributed by atoms with E-state index in [9.17, 15) is 0 Å². The first-order valence-corrected chi connectivity index (χ1v) is 16.7. The Morgan fingerprint density at radius 3 is 1.96 bits per heavy atom. The molecular weight excluding hydrogens is 579 g/mol. The van der Waals surface area contributed by atoms with Gasteiger partial charge in [0.2, 0.25) is 0 Å². The normalized spacial score (nSPS) is 11.9. The van der Waals surface area contributed by atoms with Crippen LogP contribution in [-0.4, -0.2) is 48.8 Å². The van der Waals surface area contributed by atoms with Gasteiger partial charge in [-0.25, -0.2) is 4.98 Å². The van der Waals surface area contributed by atoms with Crippen molar-refractivity contribution >= 4 is 121 Å². The van der Waals surface area contributed by atoms with Gasteiger partial charge in [0.15, 0.2) is 0 Å². The molecule has 0 amide bonds. The Kier molecular flexibility index (Phi) is 6.36. The van der Waals surface area contributed by atoms with E-state index in [-0.39, 0.29) is 0 Å². The Balaban J connectivity index is 1.50. The predicted molar refractivity (Wildman–Crippen MR) is 220 cm³/mol. The van der Waals surface area contributed by atoms with Crippen LogP contribution in [0.5, 0.6) is 0 Å². The molecule has 3 nitrogen and oxygen atoms in total. The maximum Gasteiger partial charge on any atom is 0.139 e. The number of hydrogen-bond acceptors (Lipinski definition) is 2. The summed E-state index contributed by atoms with van der Waals surface area (Å²) in [7, 11) is 11.3. The number of nitrogens with zero attached hydrogens (tertiary/aromatic N) is 2. The number of benzene rings is 7. The van der Waals surface area contributed by atoms with Crippen LogP contribution in [0.1, 0.15) is 5.82 Å². The van der Waals surface area contributed by atoms with E-state index in [1.165, 1.54) is 71.1 Å². The summed E-state index contributed by atoms with van der Waals surface area (Å²) in [6, 6.07) is 39.3. The lowest BCUT2D eigenvalue weighted by molar-refractivity contribution is 0.669. The molecule has 2 heterocycles. The molecule has 0 aliphatic heterocycles. The molecule has 0 fully saturated rings. The third kappa shape index (κ3) is 3.99. The average Bonchev–Trinajstić information content (AvgIpc) is 3.66. The molecular formula is C40H31B5N2O. The summed E-state index contributed by atoms with van der Waals surface area (Å²) in [6.45, 7) is 2.12. The van der Waals surface area contributed by atoms with Gasteiger partial charge < -0.3 is 4.42 Å². The van der Waals surface area contributed by atoms with Crippen LogP contribution in [-0.2, 0) is 0 Å². The fourth-order valence-electron chi connectivity index (χ4n) is 8.19. The van der Waals surface area contributed by atoms with Gasteiger partial charge in [-0.15, -0.1) is 16.4 Å². The maximum absolute atomic E-state index is 6.43. The lowest BCUT2D eigenvalue weighted by Crippen LogP contribution is -2.55. The van der Waals surface area contributed by atoms with Crippen molar-refractivity contribution < 1.29 is 4.42 Å². The van der Waals surface area contributed by atoms with E-state index < -0.39 is 0 Å². The Hall–Kier alpha value is -5.35.